The smallest absolute Gasteiger partial charge is 0.344 e. The molecule has 0 unspecified atom stereocenters. The van der Waals surface area contributed by atoms with Crippen LogP contribution >= 0.6 is 11.3 Å². The van der Waals surface area contributed by atoms with Crippen molar-refractivity contribution in [3.8, 4) is 5.75 Å². The molecule has 0 bridgehead atoms. The minimum atomic E-state index is -0.395. The summed E-state index contributed by atoms with van der Waals surface area (Å²) in [4.78, 5) is 16.4. The molecule has 3 aromatic rings. The molecular formula is C19H19NO3S. The highest BCUT2D eigenvalue weighted by Crippen LogP contribution is 2.25. The summed E-state index contributed by atoms with van der Waals surface area (Å²) >= 11 is 1.53. The molecule has 124 valence electrons. The Balaban J connectivity index is 1.56. The fourth-order valence-corrected chi connectivity index (χ4v) is 3.57. The van der Waals surface area contributed by atoms with Gasteiger partial charge in [-0.2, -0.15) is 0 Å². The molecule has 2 aromatic carbocycles. The Kier molecular flexibility index (Phi) is 4.81. The van der Waals surface area contributed by atoms with Gasteiger partial charge in [0.2, 0.25) is 0 Å². The van der Waals surface area contributed by atoms with Gasteiger partial charge in [-0.05, 0) is 44.0 Å². The third-order valence-corrected chi connectivity index (χ3v) is 4.64. The van der Waals surface area contributed by atoms with Crippen LogP contribution in [0, 0.1) is 20.8 Å². The van der Waals surface area contributed by atoms with E-state index in [1.807, 2.05) is 57.2 Å². The number of fused-ring (bicyclic) bond motifs is 1. The van der Waals surface area contributed by atoms with Crippen LogP contribution in [-0.2, 0) is 16.1 Å². The molecule has 0 aliphatic rings. The number of nitrogens with zero attached hydrogens (tertiary/aromatic N) is 1. The standard InChI is InChI=1S/C19H19NO3S/c1-12-8-13(2)19(14(3)9-12)23-11-18(21)22-10-17-20-15-6-4-5-7-16(15)24-17/h4-9H,10-11H2,1-3H3. The zero-order valence-corrected chi connectivity index (χ0v) is 14.8. The number of aryl methyl sites for hydroxylation is 3. The third kappa shape index (κ3) is 3.74. The van der Waals surface area contributed by atoms with Gasteiger partial charge in [-0.15, -0.1) is 11.3 Å². The van der Waals surface area contributed by atoms with Gasteiger partial charge in [-0.1, -0.05) is 29.8 Å². The number of ether oxygens (including phenoxy) is 2. The average molecular weight is 341 g/mol. The molecule has 1 aromatic heterocycles. The molecule has 4 nitrogen and oxygen atoms in total. The first-order valence-corrected chi connectivity index (χ1v) is 8.55. The van der Waals surface area contributed by atoms with Gasteiger partial charge in [0.15, 0.2) is 6.61 Å². The van der Waals surface area contributed by atoms with Gasteiger partial charge in [0.05, 0.1) is 10.2 Å². The normalized spacial score (nSPS) is 10.8. The van der Waals surface area contributed by atoms with Crippen LogP contribution in [-0.4, -0.2) is 17.6 Å². The molecule has 0 saturated carbocycles. The lowest BCUT2D eigenvalue weighted by Gasteiger charge is -2.12. The van der Waals surface area contributed by atoms with Crippen molar-refractivity contribution in [1.82, 2.24) is 4.98 Å². The van der Waals surface area contributed by atoms with Crippen molar-refractivity contribution in [3.63, 3.8) is 0 Å². The number of carbonyl (C=O) groups excluding carboxylic acids is 1. The van der Waals surface area contributed by atoms with Crippen molar-refractivity contribution in [2.75, 3.05) is 6.61 Å². The van der Waals surface area contributed by atoms with Crippen LogP contribution in [0.4, 0.5) is 0 Å². The predicted molar refractivity (Wildman–Crippen MR) is 95.6 cm³/mol. The van der Waals surface area contributed by atoms with Crippen molar-refractivity contribution >= 4 is 27.5 Å². The summed E-state index contributed by atoms with van der Waals surface area (Å²) < 4.78 is 12.0. The number of aromatic nitrogens is 1. The Morgan fingerprint density at radius 3 is 2.54 bits per heavy atom. The predicted octanol–water partition coefficient (Wildman–Crippen LogP) is 4.34. The van der Waals surface area contributed by atoms with Gasteiger partial charge in [0, 0.05) is 0 Å². The second kappa shape index (κ2) is 7.01. The lowest BCUT2D eigenvalue weighted by molar-refractivity contribution is -0.147. The fourth-order valence-electron chi connectivity index (χ4n) is 2.69. The first kappa shape index (κ1) is 16.5. The Morgan fingerprint density at radius 2 is 1.83 bits per heavy atom. The largest absolute Gasteiger partial charge is 0.481 e. The summed E-state index contributed by atoms with van der Waals surface area (Å²) in [6, 6.07) is 11.9. The first-order valence-electron chi connectivity index (χ1n) is 7.73. The van der Waals surface area contributed by atoms with E-state index in [9.17, 15) is 4.79 Å². The Labute approximate surface area is 145 Å². The van der Waals surface area contributed by atoms with Crippen molar-refractivity contribution in [2.24, 2.45) is 0 Å². The van der Waals surface area contributed by atoms with E-state index in [0.29, 0.717) is 0 Å². The topological polar surface area (TPSA) is 48.4 Å². The minimum Gasteiger partial charge on any atom is -0.481 e. The number of carbonyl (C=O) groups is 1. The molecule has 5 heteroatoms. The van der Waals surface area contributed by atoms with Crippen LogP contribution in [0.1, 0.15) is 21.7 Å². The second-order valence-corrected chi connectivity index (χ2v) is 6.87. The molecule has 0 fully saturated rings. The maximum atomic E-state index is 11.9. The van der Waals surface area contributed by atoms with E-state index in [1.165, 1.54) is 16.9 Å². The van der Waals surface area contributed by atoms with Crippen molar-refractivity contribution in [3.05, 3.63) is 58.1 Å². The van der Waals surface area contributed by atoms with Crippen molar-refractivity contribution in [2.45, 2.75) is 27.4 Å². The lowest BCUT2D eigenvalue weighted by atomic mass is 10.1. The molecule has 0 aliphatic heterocycles. The molecule has 0 radical (unpaired) electrons. The second-order valence-electron chi connectivity index (χ2n) is 5.75. The van der Waals surface area contributed by atoms with Gasteiger partial charge in [0.1, 0.15) is 17.4 Å². The quantitative estimate of drug-likeness (QED) is 0.648. The maximum absolute atomic E-state index is 11.9. The van der Waals surface area contributed by atoms with E-state index in [1.54, 1.807) is 0 Å². The van der Waals surface area contributed by atoms with E-state index in [0.717, 1.165) is 32.1 Å². The van der Waals surface area contributed by atoms with Crippen LogP contribution in [0.25, 0.3) is 10.2 Å². The van der Waals surface area contributed by atoms with Crippen molar-refractivity contribution in [1.29, 1.82) is 0 Å². The molecule has 0 amide bonds. The molecular weight excluding hydrogens is 322 g/mol. The van der Waals surface area contributed by atoms with Gasteiger partial charge in [-0.3, -0.25) is 0 Å². The zero-order chi connectivity index (χ0) is 17.1. The Hall–Kier alpha value is -2.40. The number of thiazole rings is 1. The van der Waals surface area contributed by atoms with Gasteiger partial charge in [-0.25, -0.2) is 9.78 Å². The highest BCUT2D eigenvalue weighted by atomic mass is 32.1. The van der Waals surface area contributed by atoms with Crippen LogP contribution in [0.15, 0.2) is 36.4 Å². The van der Waals surface area contributed by atoms with Gasteiger partial charge >= 0.3 is 5.97 Å². The molecule has 3 rings (SSSR count). The molecule has 1 heterocycles. The molecule has 0 atom stereocenters. The minimum absolute atomic E-state index is 0.102. The molecule has 0 aliphatic carbocycles. The summed E-state index contributed by atoms with van der Waals surface area (Å²) in [5.74, 6) is 0.353. The highest BCUT2D eigenvalue weighted by molar-refractivity contribution is 7.18. The van der Waals surface area contributed by atoms with Crippen LogP contribution in [0.5, 0.6) is 5.75 Å². The molecule has 0 saturated heterocycles. The van der Waals surface area contributed by atoms with Gasteiger partial charge < -0.3 is 9.47 Å². The molecule has 0 N–H and O–H groups in total. The number of hydrogen-bond acceptors (Lipinski definition) is 5. The highest BCUT2D eigenvalue weighted by Gasteiger charge is 2.11. The Morgan fingerprint density at radius 1 is 1.12 bits per heavy atom. The van der Waals surface area contributed by atoms with Crippen LogP contribution in [0.3, 0.4) is 0 Å². The SMILES string of the molecule is Cc1cc(C)c(OCC(=O)OCc2nc3ccccc3s2)c(C)c1. The monoisotopic (exact) mass is 341 g/mol. The third-order valence-electron chi connectivity index (χ3n) is 3.63. The summed E-state index contributed by atoms with van der Waals surface area (Å²) in [6.45, 7) is 6.06. The van der Waals surface area contributed by atoms with E-state index < -0.39 is 5.97 Å². The zero-order valence-electron chi connectivity index (χ0n) is 14.0. The number of rotatable bonds is 5. The first-order chi connectivity index (χ1) is 11.5. The number of hydrogen-bond donors (Lipinski definition) is 0. The number of esters is 1. The summed E-state index contributed by atoms with van der Waals surface area (Å²) in [6.07, 6.45) is 0. The lowest BCUT2D eigenvalue weighted by Crippen LogP contribution is -2.15. The van der Waals surface area contributed by atoms with Crippen LogP contribution < -0.4 is 4.74 Å². The molecule has 24 heavy (non-hydrogen) atoms. The number of para-hydroxylation sites is 1. The van der Waals surface area contributed by atoms with Crippen LogP contribution in [0.2, 0.25) is 0 Å². The number of benzene rings is 2. The van der Waals surface area contributed by atoms with Gasteiger partial charge in [0.25, 0.3) is 0 Å². The fraction of sp³-hybridized carbons (Fsp3) is 0.263. The van der Waals surface area contributed by atoms with E-state index in [2.05, 4.69) is 4.98 Å². The van der Waals surface area contributed by atoms with E-state index in [4.69, 9.17) is 9.47 Å². The maximum Gasteiger partial charge on any atom is 0.344 e. The van der Waals surface area contributed by atoms with E-state index in [-0.39, 0.29) is 13.2 Å². The van der Waals surface area contributed by atoms with E-state index >= 15 is 0 Å². The molecule has 0 spiro atoms. The van der Waals surface area contributed by atoms with Crippen molar-refractivity contribution < 1.29 is 14.3 Å². The summed E-state index contributed by atoms with van der Waals surface area (Å²) in [5.41, 5.74) is 4.14. The Bertz CT molecular complexity index is 829. The summed E-state index contributed by atoms with van der Waals surface area (Å²) in [5, 5.41) is 0.784. The average Bonchev–Trinajstić information content (AvgIpc) is 2.94. The summed E-state index contributed by atoms with van der Waals surface area (Å²) in [7, 11) is 0.